The molecule has 0 aromatic heterocycles. The Balaban J connectivity index is 1.84. The van der Waals surface area contributed by atoms with Gasteiger partial charge < -0.3 is 5.11 Å². The fourth-order valence-corrected chi connectivity index (χ4v) is 4.97. The van der Waals surface area contributed by atoms with Crippen molar-refractivity contribution in [2.75, 3.05) is 18.1 Å². The third-order valence-corrected chi connectivity index (χ3v) is 6.23. The number of carboxylic acid groups (broad SMARTS) is 1. The number of hydrogen-bond acceptors (Lipinski definition) is 3. The first-order valence-corrected chi connectivity index (χ1v) is 8.74. The second-order valence-electron chi connectivity index (χ2n) is 7.06. The van der Waals surface area contributed by atoms with Gasteiger partial charge in [-0.15, -0.1) is 0 Å². The highest BCUT2D eigenvalue weighted by Crippen LogP contribution is 2.38. The maximum atomic E-state index is 11.6. The second kappa shape index (κ2) is 5.65. The van der Waals surface area contributed by atoms with Crippen LogP contribution in [0.15, 0.2) is 24.3 Å². The number of fused-ring (bicyclic) bond motifs is 1. The Morgan fingerprint density at radius 2 is 2.14 bits per heavy atom. The Bertz CT molecular complexity index is 543. The minimum absolute atomic E-state index is 0.350. The largest absolute Gasteiger partial charge is 0.481 e. The summed E-state index contributed by atoms with van der Waals surface area (Å²) in [6.07, 6.45) is 1.16. The fourth-order valence-electron chi connectivity index (χ4n) is 3.59. The van der Waals surface area contributed by atoms with Crippen LogP contribution in [0.5, 0.6) is 0 Å². The normalized spacial score (nSPS) is 28.9. The molecule has 1 aromatic carbocycles. The lowest BCUT2D eigenvalue weighted by Gasteiger charge is -2.44. The highest BCUT2D eigenvalue weighted by Gasteiger charge is 2.37. The van der Waals surface area contributed by atoms with E-state index in [0.29, 0.717) is 18.0 Å². The lowest BCUT2D eigenvalue weighted by Crippen LogP contribution is -2.47. The summed E-state index contributed by atoms with van der Waals surface area (Å²) < 4.78 is 0. The molecule has 2 atom stereocenters. The molecule has 114 valence electrons. The van der Waals surface area contributed by atoms with E-state index in [1.165, 1.54) is 11.3 Å². The number of aliphatic carboxylic acids is 1. The lowest BCUT2D eigenvalue weighted by molar-refractivity contribution is -0.139. The van der Waals surface area contributed by atoms with Crippen molar-refractivity contribution in [2.24, 2.45) is 5.41 Å². The number of nitrogens with zero attached hydrogens (tertiary/aromatic N) is 1. The van der Waals surface area contributed by atoms with E-state index < -0.39 is 5.97 Å². The summed E-state index contributed by atoms with van der Waals surface area (Å²) in [5, 5.41) is 9.57. The van der Waals surface area contributed by atoms with E-state index in [1.54, 1.807) is 0 Å². The number of thioether (sulfide) groups is 1. The molecule has 3 rings (SSSR count). The van der Waals surface area contributed by atoms with Crippen LogP contribution in [0.4, 0.5) is 0 Å². The summed E-state index contributed by atoms with van der Waals surface area (Å²) in [5.74, 6) is 1.24. The lowest BCUT2D eigenvalue weighted by atomic mass is 9.84. The molecule has 2 heterocycles. The SMILES string of the molecule is CC1(C)CSCC(N2Cc3ccccc3C(C(=O)O)C2)C1. The summed E-state index contributed by atoms with van der Waals surface area (Å²) in [6.45, 7) is 6.17. The van der Waals surface area contributed by atoms with Gasteiger partial charge in [-0.2, -0.15) is 11.8 Å². The van der Waals surface area contributed by atoms with Gasteiger partial charge >= 0.3 is 5.97 Å². The first-order valence-electron chi connectivity index (χ1n) is 7.59. The second-order valence-corrected chi connectivity index (χ2v) is 8.09. The van der Waals surface area contributed by atoms with Gasteiger partial charge in [-0.25, -0.2) is 0 Å². The van der Waals surface area contributed by atoms with Gasteiger partial charge in [-0.1, -0.05) is 38.1 Å². The van der Waals surface area contributed by atoms with E-state index in [1.807, 2.05) is 30.0 Å². The molecule has 2 aliphatic heterocycles. The number of carbonyl (C=O) groups is 1. The summed E-state index contributed by atoms with van der Waals surface area (Å²) in [5.41, 5.74) is 2.54. The highest BCUT2D eigenvalue weighted by molar-refractivity contribution is 7.99. The van der Waals surface area contributed by atoms with Crippen molar-refractivity contribution >= 4 is 17.7 Å². The van der Waals surface area contributed by atoms with Crippen molar-refractivity contribution < 1.29 is 9.90 Å². The zero-order valence-electron chi connectivity index (χ0n) is 12.7. The Kier molecular flexibility index (Phi) is 4.02. The minimum Gasteiger partial charge on any atom is -0.481 e. The van der Waals surface area contributed by atoms with Crippen molar-refractivity contribution in [1.29, 1.82) is 0 Å². The average Bonchev–Trinajstić information content (AvgIpc) is 2.45. The zero-order chi connectivity index (χ0) is 15.0. The van der Waals surface area contributed by atoms with Crippen molar-refractivity contribution in [1.82, 2.24) is 4.90 Å². The molecule has 0 radical (unpaired) electrons. The van der Waals surface area contributed by atoms with Crippen molar-refractivity contribution in [3.8, 4) is 0 Å². The van der Waals surface area contributed by atoms with E-state index in [0.717, 1.165) is 24.3 Å². The van der Waals surface area contributed by atoms with Gasteiger partial charge in [-0.05, 0) is 28.7 Å². The molecule has 0 amide bonds. The highest BCUT2D eigenvalue weighted by atomic mass is 32.2. The van der Waals surface area contributed by atoms with Crippen LogP contribution in [0, 0.1) is 5.41 Å². The van der Waals surface area contributed by atoms with E-state index in [4.69, 9.17) is 0 Å². The van der Waals surface area contributed by atoms with E-state index in [9.17, 15) is 9.90 Å². The van der Waals surface area contributed by atoms with Crippen molar-refractivity contribution in [3.63, 3.8) is 0 Å². The molecule has 0 aliphatic carbocycles. The maximum absolute atomic E-state index is 11.6. The van der Waals surface area contributed by atoms with Crippen molar-refractivity contribution in [3.05, 3.63) is 35.4 Å². The van der Waals surface area contributed by atoms with Crippen molar-refractivity contribution in [2.45, 2.75) is 38.8 Å². The number of carboxylic acids is 1. The van der Waals surface area contributed by atoms with Crippen LogP contribution in [0.25, 0.3) is 0 Å². The summed E-state index contributed by atoms with van der Waals surface area (Å²) in [6, 6.07) is 8.52. The molecule has 1 aromatic rings. The van der Waals surface area contributed by atoms with Crippen LogP contribution >= 0.6 is 11.8 Å². The molecule has 4 heteroatoms. The molecule has 1 N–H and O–H groups in total. The van der Waals surface area contributed by atoms with Crippen LogP contribution in [-0.2, 0) is 11.3 Å². The predicted octanol–water partition coefficient (Wildman–Crippen LogP) is 3.20. The summed E-state index contributed by atoms with van der Waals surface area (Å²) in [7, 11) is 0. The van der Waals surface area contributed by atoms with Gasteiger partial charge in [-0.3, -0.25) is 9.69 Å². The molecule has 2 aliphatic rings. The minimum atomic E-state index is -0.699. The van der Waals surface area contributed by atoms with Gasteiger partial charge in [0, 0.05) is 24.9 Å². The van der Waals surface area contributed by atoms with Gasteiger partial charge in [0.15, 0.2) is 0 Å². The Morgan fingerprint density at radius 3 is 2.86 bits per heavy atom. The van der Waals surface area contributed by atoms with E-state index >= 15 is 0 Å². The Morgan fingerprint density at radius 1 is 1.38 bits per heavy atom. The molecule has 1 fully saturated rings. The average molecular weight is 305 g/mol. The van der Waals surface area contributed by atoms with E-state index in [2.05, 4.69) is 24.8 Å². The molecule has 21 heavy (non-hydrogen) atoms. The monoisotopic (exact) mass is 305 g/mol. The Labute approximate surface area is 130 Å². The molecular formula is C17H23NO2S. The molecule has 0 bridgehead atoms. The zero-order valence-corrected chi connectivity index (χ0v) is 13.5. The van der Waals surface area contributed by atoms with Crippen LogP contribution in [0.1, 0.15) is 37.3 Å². The topological polar surface area (TPSA) is 40.5 Å². The fraction of sp³-hybridized carbons (Fsp3) is 0.588. The molecule has 0 spiro atoms. The van der Waals surface area contributed by atoms with Crippen LogP contribution < -0.4 is 0 Å². The maximum Gasteiger partial charge on any atom is 0.312 e. The first-order chi connectivity index (χ1) is 9.96. The van der Waals surface area contributed by atoms with Gasteiger partial charge in [0.1, 0.15) is 0 Å². The number of benzene rings is 1. The van der Waals surface area contributed by atoms with Gasteiger partial charge in [0.05, 0.1) is 5.92 Å². The Hall–Kier alpha value is -1.00. The summed E-state index contributed by atoms with van der Waals surface area (Å²) >= 11 is 2.01. The van der Waals surface area contributed by atoms with Gasteiger partial charge in [0.2, 0.25) is 0 Å². The molecule has 1 saturated heterocycles. The number of rotatable bonds is 2. The van der Waals surface area contributed by atoms with Crippen LogP contribution in [0.3, 0.4) is 0 Å². The molecular weight excluding hydrogens is 282 g/mol. The quantitative estimate of drug-likeness (QED) is 0.911. The third kappa shape index (κ3) is 3.11. The van der Waals surface area contributed by atoms with Crippen LogP contribution in [0.2, 0.25) is 0 Å². The van der Waals surface area contributed by atoms with Gasteiger partial charge in [0.25, 0.3) is 0 Å². The molecule has 2 unspecified atom stereocenters. The predicted molar refractivity (Wildman–Crippen MR) is 86.7 cm³/mol. The third-order valence-electron chi connectivity index (χ3n) is 4.63. The molecule has 3 nitrogen and oxygen atoms in total. The number of hydrogen-bond donors (Lipinski definition) is 1. The smallest absolute Gasteiger partial charge is 0.312 e. The standard InChI is InChI=1S/C17H23NO2S/c1-17(2)7-13(10-21-11-17)18-8-12-5-3-4-6-14(12)15(9-18)16(19)20/h3-6,13,15H,7-11H2,1-2H3,(H,19,20). The van der Waals surface area contributed by atoms with Crippen LogP contribution in [-0.4, -0.2) is 40.1 Å². The summed E-state index contributed by atoms with van der Waals surface area (Å²) in [4.78, 5) is 14.0. The van der Waals surface area contributed by atoms with E-state index in [-0.39, 0.29) is 5.92 Å². The first kappa shape index (κ1) is 14.9. The molecule has 0 saturated carbocycles.